The van der Waals surface area contributed by atoms with Crippen molar-refractivity contribution in [2.45, 2.75) is 141 Å². The van der Waals surface area contributed by atoms with Crippen molar-refractivity contribution >= 4 is 62.0 Å². The van der Waals surface area contributed by atoms with Gasteiger partial charge in [-0.1, -0.05) is 77.0 Å². The number of aliphatic carboxylic acids is 3. The molecular formula is C34H58IN3O12. The molecule has 0 unspecified atom stereocenters. The summed E-state index contributed by atoms with van der Waals surface area (Å²) in [6.07, 6.45) is 15.1. The van der Waals surface area contributed by atoms with Crippen molar-refractivity contribution in [2.24, 2.45) is 0 Å². The van der Waals surface area contributed by atoms with Crippen molar-refractivity contribution in [2.75, 3.05) is 33.0 Å². The summed E-state index contributed by atoms with van der Waals surface area (Å²) in [7, 11) is 0. The number of hydrogen-bond donors (Lipinski definition) is 6. The highest BCUT2D eigenvalue weighted by Crippen LogP contribution is 2.14. The van der Waals surface area contributed by atoms with Gasteiger partial charge in [0.2, 0.25) is 21.5 Å². The van der Waals surface area contributed by atoms with Gasteiger partial charge in [-0.05, 0) is 25.7 Å². The van der Waals surface area contributed by atoms with Gasteiger partial charge < -0.3 is 40.7 Å². The zero-order valence-electron chi connectivity index (χ0n) is 29.2. The lowest BCUT2D eigenvalue weighted by Crippen LogP contribution is -2.41. The zero-order valence-corrected chi connectivity index (χ0v) is 31.4. The molecule has 15 nitrogen and oxygen atoms in total. The molecule has 0 bridgehead atoms. The summed E-state index contributed by atoms with van der Waals surface area (Å²) in [5.41, 5.74) is 0. The largest absolute Gasteiger partial charge is 0.481 e. The van der Waals surface area contributed by atoms with E-state index < -0.39 is 35.9 Å². The second-order valence-electron chi connectivity index (χ2n) is 12.2. The molecule has 0 aliphatic heterocycles. The van der Waals surface area contributed by atoms with Crippen molar-refractivity contribution in [3.05, 3.63) is 0 Å². The fourth-order valence-electron chi connectivity index (χ4n) is 4.96. The molecule has 0 rings (SSSR count). The van der Waals surface area contributed by atoms with E-state index in [0.29, 0.717) is 6.42 Å². The number of amides is 3. The number of carbonyl (C=O) groups excluding carboxylic acids is 4. The van der Waals surface area contributed by atoms with Crippen molar-refractivity contribution in [1.29, 1.82) is 0 Å². The predicted octanol–water partition coefficient (Wildman–Crippen LogP) is 4.12. The van der Waals surface area contributed by atoms with Crippen LogP contribution < -0.4 is 16.0 Å². The Labute approximate surface area is 308 Å². The Morgan fingerprint density at radius 3 is 1.46 bits per heavy atom. The lowest BCUT2D eigenvalue weighted by atomic mass is 10.0. The van der Waals surface area contributed by atoms with Crippen molar-refractivity contribution < 1.29 is 58.4 Å². The maximum Gasteiger partial charge on any atom is 0.326 e. The van der Waals surface area contributed by atoms with E-state index in [-0.39, 0.29) is 87.1 Å². The van der Waals surface area contributed by atoms with Crippen molar-refractivity contribution in [3.63, 3.8) is 0 Å². The van der Waals surface area contributed by atoms with Gasteiger partial charge in [0.1, 0.15) is 12.6 Å². The third-order valence-corrected chi connectivity index (χ3v) is 8.52. The van der Waals surface area contributed by atoms with Gasteiger partial charge >= 0.3 is 17.9 Å². The number of carboxylic acids is 3. The lowest BCUT2D eigenvalue weighted by molar-refractivity contribution is -0.142. The summed E-state index contributed by atoms with van der Waals surface area (Å²) in [6.45, 7) is 0.193. The molecule has 6 N–H and O–H groups in total. The summed E-state index contributed by atoms with van der Waals surface area (Å²) >= 11 is 1.50. The van der Waals surface area contributed by atoms with E-state index in [1.165, 1.54) is 61.1 Å². The smallest absolute Gasteiger partial charge is 0.326 e. The first-order valence-corrected chi connectivity index (χ1v) is 18.9. The van der Waals surface area contributed by atoms with Crippen LogP contribution in [0.4, 0.5) is 0 Å². The van der Waals surface area contributed by atoms with Crippen LogP contribution in [0.3, 0.4) is 0 Å². The Kier molecular flexibility index (Phi) is 30.2. The van der Waals surface area contributed by atoms with E-state index in [1.54, 1.807) is 0 Å². The number of unbranched alkanes of at least 4 members (excludes halogenated alkanes) is 13. The summed E-state index contributed by atoms with van der Waals surface area (Å²) in [5.74, 6) is -4.27. The quantitative estimate of drug-likeness (QED) is 0.0301. The Bertz CT molecular complexity index is 1010. The number of hydrogen-bond acceptors (Lipinski definition) is 9. The summed E-state index contributed by atoms with van der Waals surface area (Å²) in [4.78, 5) is 80.5. The van der Waals surface area contributed by atoms with E-state index >= 15 is 0 Å². The molecule has 16 heteroatoms. The summed E-state index contributed by atoms with van der Waals surface area (Å²) in [5, 5.41) is 34.4. The minimum absolute atomic E-state index is 0.0185. The number of ether oxygens (including phenoxy) is 2. The fraction of sp³-hybridized carbons (Fsp3) is 0.794. The topological polar surface area (TPSA) is 235 Å². The highest BCUT2D eigenvalue weighted by Gasteiger charge is 2.21. The minimum Gasteiger partial charge on any atom is -0.481 e. The second-order valence-corrected chi connectivity index (χ2v) is 13.3. The third kappa shape index (κ3) is 31.1. The predicted molar refractivity (Wildman–Crippen MR) is 193 cm³/mol. The maximum atomic E-state index is 12.3. The second kappa shape index (κ2) is 32.1. The molecule has 0 heterocycles. The molecule has 0 aliphatic rings. The molecule has 50 heavy (non-hydrogen) atoms. The molecule has 0 spiro atoms. The van der Waals surface area contributed by atoms with Crippen LogP contribution in [0, 0.1) is 0 Å². The number of halogens is 1. The molecule has 0 fully saturated rings. The Morgan fingerprint density at radius 1 is 0.500 bits per heavy atom. The first-order valence-electron chi connectivity index (χ1n) is 17.8. The molecule has 0 aliphatic carbocycles. The van der Waals surface area contributed by atoms with Gasteiger partial charge in [0.05, 0.1) is 25.9 Å². The standard InChI is InChI=1S/C34H58IN3O12/c35-33(46)26(18-20-32(44)45)37-30(41)25-50-24-23-49-22-21-36-28(39)19-17-27(34(47)48)38-29(40)15-13-11-9-7-5-3-1-2-4-6-8-10-12-14-16-31(42)43/h26-27H,1-25H2,(H,36,39)(H,37,41)(H,38,40)(H,42,43)(H,44,45)(H,47,48)/t26-,27-/m0/s1. The van der Waals surface area contributed by atoms with Gasteiger partial charge in [0.25, 0.3) is 0 Å². The molecule has 0 aromatic rings. The van der Waals surface area contributed by atoms with E-state index in [2.05, 4.69) is 16.0 Å². The van der Waals surface area contributed by atoms with Crippen molar-refractivity contribution in [1.82, 2.24) is 16.0 Å². The molecule has 288 valence electrons. The van der Waals surface area contributed by atoms with Crippen LogP contribution in [0.15, 0.2) is 0 Å². The number of carboxylic acid groups (broad SMARTS) is 3. The third-order valence-electron chi connectivity index (χ3n) is 7.77. The van der Waals surface area contributed by atoms with Crippen LogP contribution >= 0.6 is 22.6 Å². The average Bonchev–Trinajstić information content (AvgIpc) is 3.05. The van der Waals surface area contributed by atoms with Gasteiger partial charge in [-0.2, -0.15) is 0 Å². The van der Waals surface area contributed by atoms with Crippen LogP contribution in [-0.4, -0.2) is 99.8 Å². The van der Waals surface area contributed by atoms with Gasteiger partial charge in [0, 0.05) is 54.8 Å². The SMILES string of the molecule is O=C(O)CCCCCCCCCCCCCCCCC(=O)N[C@@H](CCC(=O)NCCOCCOCC(=O)N[C@@H](CCC(=O)O)C(=O)I)C(=O)O. The summed E-state index contributed by atoms with van der Waals surface area (Å²) in [6, 6.07) is -2.06. The number of rotatable bonds is 35. The van der Waals surface area contributed by atoms with E-state index in [0.717, 1.165) is 44.9 Å². The van der Waals surface area contributed by atoms with Crippen LogP contribution in [0.25, 0.3) is 0 Å². The first kappa shape index (κ1) is 47.1. The Morgan fingerprint density at radius 2 is 0.960 bits per heavy atom. The fourth-order valence-corrected chi connectivity index (χ4v) is 5.43. The summed E-state index contributed by atoms with van der Waals surface area (Å²) < 4.78 is 10.1. The van der Waals surface area contributed by atoms with Crippen molar-refractivity contribution in [3.8, 4) is 0 Å². The molecular weight excluding hydrogens is 769 g/mol. The Balaban J connectivity index is 3.80. The van der Waals surface area contributed by atoms with Crippen LogP contribution in [0.2, 0.25) is 0 Å². The highest BCUT2D eigenvalue weighted by atomic mass is 127. The first-order chi connectivity index (χ1) is 23.9. The van der Waals surface area contributed by atoms with Gasteiger partial charge in [-0.3, -0.25) is 28.8 Å². The number of nitrogens with one attached hydrogen (secondary N) is 3. The van der Waals surface area contributed by atoms with Crippen LogP contribution in [0.5, 0.6) is 0 Å². The molecule has 0 radical (unpaired) electrons. The molecule has 2 atom stereocenters. The molecule has 0 saturated heterocycles. The van der Waals surface area contributed by atoms with E-state index in [4.69, 9.17) is 19.7 Å². The Hall–Kier alpha value is -2.86. The molecule has 0 aromatic carbocycles. The van der Waals surface area contributed by atoms with Gasteiger partial charge in [0.15, 0.2) is 0 Å². The minimum atomic E-state index is -1.20. The normalized spacial score (nSPS) is 12.1. The zero-order chi connectivity index (χ0) is 37.4. The number of carbonyl (C=O) groups is 7. The molecule has 0 aromatic heterocycles. The average molecular weight is 828 g/mol. The molecule has 3 amide bonds. The monoisotopic (exact) mass is 827 g/mol. The highest BCUT2D eigenvalue weighted by molar-refractivity contribution is 14.1. The molecule has 0 saturated carbocycles. The maximum absolute atomic E-state index is 12.3. The van der Waals surface area contributed by atoms with Gasteiger partial charge in [-0.25, -0.2) is 4.79 Å². The van der Waals surface area contributed by atoms with Crippen LogP contribution in [-0.2, 0) is 43.0 Å². The lowest BCUT2D eigenvalue weighted by Gasteiger charge is -2.15. The van der Waals surface area contributed by atoms with E-state index in [1.807, 2.05) is 0 Å². The van der Waals surface area contributed by atoms with Gasteiger partial charge in [-0.15, -0.1) is 0 Å². The van der Waals surface area contributed by atoms with E-state index in [9.17, 15) is 38.7 Å². The van der Waals surface area contributed by atoms with Crippen LogP contribution in [0.1, 0.15) is 128 Å².